The summed E-state index contributed by atoms with van der Waals surface area (Å²) >= 11 is 1.24. The lowest BCUT2D eigenvalue weighted by atomic mass is 9.79. The number of hydrogen-bond acceptors (Lipinski definition) is 5. The van der Waals surface area contributed by atoms with Gasteiger partial charge in [0.15, 0.2) is 0 Å². The van der Waals surface area contributed by atoms with E-state index in [2.05, 4.69) is 37.5 Å². The third-order valence-electron chi connectivity index (χ3n) is 5.48. The first-order chi connectivity index (χ1) is 13.7. The molecule has 2 unspecified atom stereocenters. The highest BCUT2D eigenvalue weighted by atomic mass is 32.1. The van der Waals surface area contributed by atoms with Crippen molar-refractivity contribution in [1.82, 2.24) is 5.32 Å². The van der Waals surface area contributed by atoms with Crippen LogP contribution in [-0.2, 0) is 15.0 Å². The second-order valence-electron chi connectivity index (χ2n) is 8.95. The van der Waals surface area contributed by atoms with E-state index >= 15 is 0 Å². The molecule has 2 atom stereocenters. The first-order valence-corrected chi connectivity index (χ1v) is 10.5. The predicted octanol–water partition coefficient (Wildman–Crippen LogP) is 3.25. The lowest BCUT2D eigenvalue weighted by Crippen LogP contribution is -2.44. The van der Waals surface area contributed by atoms with Crippen molar-refractivity contribution in [2.75, 3.05) is 23.3 Å². The molecule has 150 valence electrons. The van der Waals surface area contributed by atoms with Crippen molar-refractivity contribution in [1.29, 1.82) is 5.26 Å². The van der Waals surface area contributed by atoms with Crippen molar-refractivity contribution in [3.8, 4) is 6.07 Å². The molecular formula is C22H24N4O2S. The minimum atomic E-state index is -0.711. The molecule has 0 bridgehead atoms. The Morgan fingerprint density at radius 3 is 2.79 bits per heavy atom. The molecule has 1 saturated heterocycles. The molecule has 2 aromatic rings. The van der Waals surface area contributed by atoms with Crippen LogP contribution in [0, 0.1) is 16.7 Å². The lowest BCUT2D eigenvalue weighted by molar-refractivity contribution is -0.123. The van der Waals surface area contributed by atoms with Gasteiger partial charge in [-0.05, 0) is 35.6 Å². The molecule has 6 nitrogen and oxygen atoms in total. The van der Waals surface area contributed by atoms with Crippen LogP contribution in [-0.4, -0.2) is 30.9 Å². The number of hydrogen-bond donors (Lipinski definition) is 2. The third-order valence-corrected chi connectivity index (χ3v) is 6.38. The molecule has 2 aliphatic heterocycles. The van der Waals surface area contributed by atoms with Crippen molar-refractivity contribution in [3.05, 3.63) is 46.8 Å². The van der Waals surface area contributed by atoms with E-state index in [-0.39, 0.29) is 17.2 Å². The van der Waals surface area contributed by atoms with Gasteiger partial charge in [-0.25, -0.2) is 0 Å². The molecule has 1 spiro atoms. The summed E-state index contributed by atoms with van der Waals surface area (Å²) in [6, 6.07) is 12.9. The smallest absolute Gasteiger partial charge is 0.242 e. The molecule has 2 N–H and O–H groups in total. The summed E-state index contributed by atoms with van der Waals surface area (Å²) in [7, 11) is 0. The summed E-state index contributed by atoms with van der Waals surface area (Å²) in [5.41, 5.74) is 1.21. The number of carbonyl (C=O) groups excluding carboxylic acids is 2. The standard InChI is InChI=1S/C22H24N4O2S/c1-21(2,3)13-26-17-7-5-4-6-15(17)22(20(26)28)10-16(24-12-22)19(27)25-18-9-8-14(11-23)29-18/h4-9,16,24H,10,12-13H2,1-3H3,(H,25,27). The molecule has 0 radical (unpaired) electrons. The maximum absolute atomic E-state index is 13.6. The number of nitriles is 1. The zero-order valence-corrected chi connectivity index (χ0v) is 17.6. The summed E-state index contributed by atoms with van der Waals surface area (Å²) in [5, 5.41) is 15.7. The van der Waals surface area contributed by atoms with Gasteiger partial charge in [-0.15, -0.1) is 11.3 Å². The van der Waals surface area contributed by atoms with E-state index in [0.29, 0.717) is 29.4 Å². The predicted molar refractivity (Wildman–Crippen MR) is 114 cm³/mol. The van der Waals surface area contributed by atoms with Gasteiger partial charge < -0.3 is 15.5 Å². The lowest BCUT2D eigenvalue weighted by Gasteiger charge is -2.29. The van der Waals surface area contributed by atoms with E-state index in [4.69, 9.17) is 5.26 Å². The molecule has 1 aromatic carbocycles. The Morgan fingerprint density at radius 2 is 2.10 bits per heavy atom. The van der Waals surface area contributed by atoms with Crippen molar-refractivity contribution in [2.45, 2.75) is 38.6 Å². The molecule has 7 heteroatoms. The summed E-state index contributed by atoms with van der Waals surface area (Å²) in [6.07, 6.45) is 0.422. The van der Waals surface area contributed by atoms with Crippen LogP contribution in [0.5, 0.6) is 0 Å². The molecule has 2 aliphatic rings. The number of para-hydroxylation sites is 1. The van der Waals surface area contributed by atoms with Crippen molar-refractivity contribution < 1.29 is 9.59 Å². The Balaban J connectivity index is 1.58. The Labute approximate surface area is 174 Å². The van der Waals surface area contributed by atoms with E-state index in [1.807, 2.05) is 29.2 Å². The fraction of sp³-hybridized carbons (Fsp3) is 0.409. The summed E-state index contributed by atoms with van der Waals surface area (Å²) in [4.78, 5) is 28.8. The van der Waals surface area contributed by atoms with Crippen LogP contribution < -0.4 is 15.5 Å². The van der Waals surface area contributed by atoms with E-state index in [1.54, 1.807) is 12.1 Å². The second kappa shape index (κ2) is 6.97. The number of fused-ring (bicyclic) bond motifs is 2. The van der Waals surface area contributed by atoms with E-state index in [0.717, 1.165) is 11.3 Å². The first-order valence-electron chi connectivity index (χ1n) is 9.69. The van der Waals surface area contributed by atoms with Gasteiger partial charge in [0.05, 0.1) is 16.5 Å². The fourth-order valence-corrected chi connectivity index (χ4v) is 4.95. The minimum absolute atomic E-state index is 0.0330. The highest BCUT2D eigenvalue weighted by Gasteiger charge is 2.56. The second-order valence-corrected chi connectivity index (χ2v) is 10.0. The topological polar surface area (TPSA) is 85.2 Å². The molecule has 4 rings (SSSR count). The van der Waals surface area contributed by atoms with Crippen molar-refractivity contribution in [2.24, 2.45) is 5.41 Å². The number of benzene rings is 1. The number of nitrogens with one attached hydrogen (secondary N) is 2. The molecule has 3 heterocycles. The summed E-state index contributed by atoms with van der Waals surface area (Å²) in [6.45, 7) is 7.43. The van der Waals surface area contributed by atoms with E-state index in [1.165, 1.54) is 11.3 Å². The number of nitrogens with zero attached hydrogens (tertiary/aromatic N) is 2. The van der Waals surface area contributed by atoms with Crippen molar-refractivity contribution in [3.63, 3.8) is 0 Å². The van der Waals surface area contributed by atoms with Gasteiger partial charge in [0.1, 0.15) is 10.9 Å². The highest BCUT2D eigenvalue weighted by Crippen LogP contribution is 2.47. The molecule has 0 aliphatic carbocycles. The van der Waals surface area contributed by atoms with Crippen LogP contribution in [0.2, 0.25) is 0 Å². The van der Waals surface area contributed by atoms with Gasteiger partial charge in [-0.1, -0.05) is 39.0 Å². The van der Waals surface area contributed by atoms with Gasteiger partial charge in [0, 0.05) is 18.8 Å². The van der Waals surface area contributed by atoms with Crippen LogP contribution in [0.15, 0.2) is 36.4 Å². The molecule has 29 heavy (non-hydrogen) atoms. The average Bonchev–Trinajstić information content (AvgIpc) is 3.37. The molecule has 1 aromatic heterocycles. The molecule has 2 amide bonds. The van der Waals surface area contributed by atoms with Gasteiger partial charge in [0.2, 0.25) is 11.8 Å². The first kappa shape index (κ1) is 19.6. The van der Waals surface area contributed by atoms with Gasteiger partial charge in [-0.2, -0.15) is 5.26 Å². The van der Waals surface area contributed by atoms with Gasteiger partial charge in [0.25, 0.3) is 0 Å². The van der Waals surface area contributed by atoms with Crippen LogP contribution in [0.1, 0.15) is 37.6 Å². The average molecular weight is 409 g/mol. The van der Waals surface area contributed by atoms with Crippen molar-refractivity contribution >= 4 is 33.8 Å². The number of carbonyl (C=O) groups is 2. The molecular weight excluding hydrogens is 384 g/mol. The molecule has 1 fully saturated rings. The zero-order chi connectivity index (χ0) is 20.8. The Hall–Kier alpha value is -2.69. The maximum atomic E-state index is 13.6. The van der Waals surface area contributed by atoms with E-state index in [9.17, 15) is 9.59 Å². The Kier molecular flexibility index (Phi) is 4.72. The van der Waals surface area contributed by atoms with Crippen LogP contribution in [0.25, 0.3) is 0 Å². The highest BCUT2D eigenvalue weighted by molar-refractivity contribution is 7.16. The normalized spacial score (nSPS) is 23.3. The SMILES string of the molecule is CC(C)(C)CN1C(=O)C2(CNC(C(=O)Nc3ccc(C#N)s3)C2)c2ccccc21. The largest absolute Gasteiger partial charge is 0.316 e. The fourth-order valence-electron chi connectivity index (χ4n) is 4.25. The van der Waals surface area contributed by atoms with Gasteiger partial charge in [-0.3, -0.25) is 9.59 Å². The Morgan fingerprint density at radius 1 is 1.34 bits per heavy atom. The van der Waals surface area contributed by atoms with Crippen LogP contribution >= 0.6 is 11.3 Å². The number of thiophene rings is 1. The Bertz CT molecular complexity index is 1020. The van der Waals surface area contributed by atoms with E-state index < -0.39 is 11.5 Å². The number of rotatable bonds is 3. The van der Waals surface area contributed by atoms with Crippen LogP contribution in [0.3, 0.4) is 0 Å². The van der Waals surface area contributed by atoms with Gasteiger partial charge >= 0.3 is 0 Å². The summed E-state index contributed by atoms with van der Waals surface area (Å²) < 4.78 is 0. The minimum Gasteiger partial charge on any atom is -0.316 e. The maximum Gasteiger partial charge on any atom is 0.242 e. The monoisotopic (exact) mass is 408 g/mol. The number of amides is 2. The quantitative estimate of drug-likeness (QED) is 0.816. The van der Waals surface area contributed by atoms with Crippen LogP contribution in [0.4, 0.5) is 10.7 Å². The molecule has 0 saturated carbocycles. The zero-order valence-electron chi connectivity index (χ0n) is 16.8. The third kappa shape index (κ3) is 3.43. The number of anilines is 2. The summed E-state index contributed by atoms with van der Waals surface area (Å²) in [5.74, 6) is -0.105.